The van der Waals surface area contributed by atoms with Crippen molar-refractivity contribution in [2.24, 2.45) is 5.92 Å². The molecule has 1 unspecified atom stereocenters. The zero-order valence-electron chi connectivity index (χ0n) is 12.3. The fraction of sp³-hybridized carbons (Fsp3) is 1.00. The first-order valence-electron chi connectivity index (χ1n) is 7.03. The molecule has 0 aliphatic carbocycles. The van der Waals surface area contributed by atoms with Crippen LogP contribution in [0.25, 0.3) is 0 Å². The first kappa shape index (κ1) is 14.9. The average Bonchev–Trinajstić information content (AvgIpc) is 2.23. The van der Waals surface area contributed by atoms with E-state index in [-0.39, 0.29) is 5.54 Å². The quantitative estimate of drug-likeness (QED) is 0.722. The standard InChI is InChI=1S/C14H30N2O/c1-6-8-17-9-7-16-11-14(4,5)15-10-13(16)12(2)3/h12-13,15H,6-11H2,1-5H3. The molecular formula is C14H30N2O. The minimum Gasteiger partial charge on any atom is -0.380 e. The van der Waals surface area contributed by atoms with Gasteiger partial charge in [-0.25, -0.2) is 0 Å². The van der Waals surface area contributed by atoms with E-state index in [0.29, 0.717) is 12.0 Å². The molecule has 0 aromatic heterocycles. The van der Waals surface area contributed by atoms with Crippen LogP contribution in [0.15, 0.2) is 0 Å². The molecule has 0 radical (unpaired) electrons. The van der Waals surface area contributed by atoms with Gasteiger partial charge in [0.2, 0.25) is 0 Å². The summed E-state index contributed by atoms with van der Waals surface area (Å²) in [5.41, 5.74) is 0.232. The van der Waals surface area contributed by atoms with Gasteiger partial charge in [0.05, 0.1) is 6.61 Å². The molecule has 1 N–H and O–H groups in total. The average molecular weight is 242 g/mol. The van der Waals surface area contributed by atoms with Crippen LogP contribution in [-0.2, 0) is 4.74 Å². The molecule has 1 fully saturated rings. The molecule has 102 valence electrons. The van der Waals surface area contributed by atoms with E-state index >= 15 is 0 Å². The molecule has 3 heteroatoms. The Balaban J connectivity index is 2.44. The maximum absolute atomic E-state index is 5.62. The summed E-state index contributed by atoms with van der Waals surface area (Å²) in [6.45, 7) is 16.4. The molecule has 0 saturated carbocycles. The fourth-order valence-electron chi connectivity index (χ4n) is 2.52. The Hall–Kier alpha value is -0.120. The number of nitrogens with zero attached hydrogens (tertiary/aromatic N) is 1. The number of piperazine rings is 1. The van der Waals surface area contributed by atoms with Crippen LogP contribution in [0.1, 0.15) is 41.0 Å². The third kappa shape index (κ3) is 4.94. The van der Waals surface area contributed by atoms with Crippen molar-refractivity contribution < 1.29 is 4.74 Å². The lowest BCUT2D eigenvalue weighted by atomic mass is 9.93. The second-order valence-corrected chi connectivity index (χ2v) is 6.16. The summed E-state index contributed by atoms with van der Waals surface area (Å²) in [5.74, 6) is 0.699. The Morgan fingerprint density at radius 2 is 2.06 bits per heavy atom. The van der Waals surface area contributed by atoms with Gasteiger partial charge in [0.1, 0.15) is 0 Å². The highest BCUT2D eigenvalue weighted by Gasteiger charge is 2.33. The van der Waals surface area contributed by atoms with Crippen molar-refractivity contribution in [3.63, 3.8) is 0 Å². The van der Waals surface area contributed by atoms with Crippen molar-refractivity contribution in [1.82, 2.24) is 10.2 Å². The normalized spacial score (nSPS) is 25.4. The number of rotatable bonds is 6. The van der Waals surface area contributed by atoms with Crippen LogP contribution in [0, 0.1) is 5.92 Å². The Kier molecular flexibility index (Phi) is 5.90. The molecular weight excluding hydrogens is 212 g/mol. The monoisotopic (exact) mass is 242 g/mol. The lowest BCUT2D eigenvalue weighted by Crippen LogP contribution is -2.63. The molecule has 0 bridgehead atoms. The molecule has 1 atom stereocenters. The van der Waals surface area contributed by atoms with Crippen LogP contribution >= 0.6 is 0 Å². The first-order chi connectivity index (χ1) is 7.96. The number of nitrogens with one attached hydrogen (secondary N) is 1. The summed E-state index contributed by atoms with van der Waals surface area (Å²) >= 11 is 0. The largest absolute Gasteiger partial charge is 0.380 e. The van der Waals surface area contributed by atoms with Crippen molar-refractivity contribution in [2.45, 2.75) is 52.6 Å². The maximum Gasteiger partial charge on any atom is 0.0593 e. The number of ether oxygens (including phenoxy) is 1. The van der Waals surface area contributed by atoms with Crippen LogP contribution in [0.3, 0.4) is 0 Å². The van der Waals surface area contributed by atoms with Gasteiger partial charge in [-0.1, -0.05) is 20.8 Å². The van der Waals surface area contributed by atoms with E-state index < -0.39 is 0 Å². The molecule has 0 amide bonds. The van der Waals surface area contributed by atoms with E-state index in [1.165, 1.54) is 0 Å². The highest BCUT2D eigenvalue weighted by Crippen LogP contribution is 2.19. The molecule has 1 saturated heterocycles. The van der Waals surface area contributed by atoms with E-state index in [4.69, 9.17) is 4.74 Å². The van der Waals surface area contributed by atoms with Crippen molar-refractivity contribution >= 4 is 0 Å². The summed E-state index contributed by atoms with van der Waals surface area (Å²) in [7, 11) is 0. The lowest BCUT2D eigenvalue weighted by molar-refractivity contribution is 0.0339. The van der Waals surface area contributed by atoms with E-state index in [9.17, 15) is 0 Å². The van der Waals surface area contributed by atoms with Gasteiger partial charge in [-0.05, 0) is 26.2 Å². The van der Waals surface area contributed by atoms with E-state index in [2.05, 4.69) is 44.8 Å². The summed E-state index contributed by atoms with van der Waals surface area (Å²) in [6.07, 6.45) is 1.11. The van der Waals surface area contributed by atoms with Crippen molar-refractivity contribution in [3.8, 4) is 0 Å². The first-order valence-corrected chi connectivity index (χ1v) is 7.03. The van der Waals surface area contributed by atoms with Gasteiger partial charge in [0.15, 0.2) is 0 Å². The van der Waals surface area contributed by atoms with Gasteiger partial charge in [0, 0.05) is 37.8 Å². The van der Waals surface area contributed by atoms with E-state index in [1.54, 1.807) is 0 Å². The molecule has 1 heterocycles. The second kappa shape index (κ2) is 6.72. The van der Waals surface area contributed by atoms with E-state index in [0.717, 1.165) is 39.3 Å². The number of hydrogen-bond donors (Lipinski definition) is 1. The minimum absolute atomic E-state index is 0.232. The highest BCUT2D eigenvalue weighted by molar-refractivity contribution is 4.93. The van der Waals surface area contributed by atoms with Gasteiger partial charge in [0.25, 0.3) is 0 Å². The van der Waals surface area contributed by atoms with Crippen molar-refractivity contribution in [1.29, 1.82) is 0 Å². The van der Waals surface area contributed by atoms with Gasteiger partial charge in [-0.15, -0.1) is 0 Å². The third-order valence-corrected chi connectivity index (χ3v) is 3.50. The topological polar surface area (TPSA) is 24.5 Å². The fourth-order valence-corrected chi connectivity index (χ4v) is 2.52. The Morgan fingerprint density at radius 3 is 2.65 bits per heavy atom. The summed E-state index contributed by atoms with van der Waals surface area (Å²) in [4.78, 5) is 2.59. The zero-order chi connectivity index (χ0) is 12.9. The van der Waals surface area contributed by atoms with Crippen molar-refractivity contribution in [2.75, 3.05) is 32.8 Å². The van der Waals surface area contributed by atoms with Crippen LogP contribution in [0.4, 0.5) is 0 Å². The Bertz CT molecular complexity index is 216. The van der Waals surface area contributed by atoms with E-state index in [1.807, 2.05) is 0 Å². The smallest absolute Gasteiger partial charge is 0.0593 e. The minimum atomic E-state index is 0.232. The number of hydrogen-bond acceptors (Lipinski definition) is 3. The molecule has 0 aromatic rings. The Labute approximate surface area is 107 Å². The van der Waals surface area contributed by atoms with Gasteiger partial charge in [-0.2, -0.15) is 0 Å². The van der Waals surface area contributed by atoms with Crippen LogP contribution in [0.2, 0.25) is 0 Å². The van der Waals surface area contributed by atoms with Crippen LogP contribution in [0.5, 0.6) is 0 Å². The molecule has 17 heavy (non-hydrogen) atoms. The Morgan fingerprint density at radius 1 is 1.35 bits per heavy atom. The summed E-state index contributed by atoms with van der Waals surface area (Å²) < 4.78 is 5.62. The SMILES string of the molecule is CCCOCCN1CC(C)(C)NCC1C(C)C. The molecule has 0 aromatic carbocycles. The maximum atomic E-state index is 5.62. The molecule has 0 spiro atoms. The summed E-state index contributed by atoms with van der Waals surface area (Å²) in [5, 5.41) is 3.64. The third-order valence-electron chi connectivity index (χ3n) is 3.50. The summed E-state index contributed by atoms with van der Waals surface area (Å²) in [6, 6.07) is 0.647. The van der Waals surface area contributed by atoms with Crippen LogP contribution < -0.4 is 5.32 Å². The van der Waals surface area contributed by atoms with Gasteiger partial charge in [-0.3, -0.25) is 4.90 Å². The zero-order valence-corrected chi connectivity index (χ0v) is 12.3. The van der Waals surface area contributed by atoms with Crippen LogP contribution in [-0.4, -0.2) is 49.3 Å². The lowest BCUT2D eigenvalue weighted by Gasteiger charge is -2.46. The predicted octanol–water partition coefficient (Wildman–Crippen LogP) is 2.12. The second-order valence-electron chi connectivity index (χ2n) is 6.16. The molecule has 1 aliphatic rings. The molecule has 1 aliphatic heterocycles. The molecule has 1 rings (SSSR count). The van der Waals surface area contributed by atoms with Crippen molar-refractivity contribution in [3.05, 3.63) is 0 Å². The highest BCUT2D eigenvalue weighted by atomic mass is 16.5. The van der Waals surface area contributed by atoms with Gasteiger partial charge < -0.3 is 10.1 Å². The predicted molar refractivity (Wildman–Crippen MR) is 73.4 cm³/mol. The van der Waals surface area contributed by atoms with Gasteiger partial charge >= 0.3 is 0 Å². The molecule has 3 nitrogen and oxygen atoms in total.